The summed E-state index contributed by atoms with van der Waals surface area (Å²) < 4.78 is 0. The second kappa shape index (κ2) is 5.23. The summed E-state index contributed by atoms with van der Waals surface area (Å²) in [4.78, 5) is 20.4. The smallest absolute Gasteiger partial charge is 0.185 e. The Morgan fingerprint density at radius 3 is 2.62 bits per heavy atom. The molecule has 21 heavy (non-hydrogen) atoms. The van der Waals surface area contributed by atoms with Crippen LogP contribution in [0, 0.1) is 6.92 Å². The molecule has 1 aliphatic rings. The summed E-state index contributed by atoms with van der Waals surface area (Å²) in [6.45, 7) is 6.04. The zero-order chi connectivity index (χ0) is 14.2. The van der Waals surface area contributed by atoms with Crippen molar-refractivity contribution in [1.82, 2.24) is 15.0 Å². The van der Waals surface area contributed by atoms with Crippen molar-refractivity contribution in [2.45, 2.75) is 6.92 Å². The molecule has 4 heterocycles. The highest BCUT2D eigenvalue weighted by Gasteiger charge is 2.21. The van der Waals surface area contributed by atoms with Gasteiger partial charge in [0, 0.05) is 42.6 Å². The second-order valence-corrected chi connectivity index (χ2v) is 7.17. The summed E-state index contributed by atoms with van der Waals surface area (Å²) in [6.07, 6.45) is 3.55. The first-order valence-corrected chi connectivity index (χ1v) is 8.61. The highest BCUT2D eigenvalue weighted by molar-refractivity contribution is 7.18. The summed E-state index contributed by atoms with van der Waals surface area (Å²) >= 11 is 3.44. The van der Waals surface area contributed by atoms with Crippen LogP contribution >= 0.6 is 22.7 Å². The number of anilines is 2. The van der Waals surface area contributed by atoms with Gasteiger partial charge in [-0.25, -0.2) is 15.0 Å². The summed E-state index contributed by atoms with van der Waals surface area (Å²) in [5.74, 6) is 1.07. The third-order valence-corrected chi connectivity index (χ3v) is 5.49. The van der Waals surface area contributed by atoms with Crippen LogP contribution in [0.25, 0.3) is 10.2 Å². The summed E-state index contributed by atoms with van der Waals surface area (Å²) in [5.41, 5.74) is 0. The van der Waals surface area contributed by atoms with Crippen LogP contribution in [0.15, 0.2) is 24.0 Å². The molecular formula is C14H15N5S2. The molecule has 5 nitrogen and oxygen atoms in total. The predicted molar refractivity (Wildman–Crippen MR) is 88.7 cm³/mol. The second-order valence-electron chi connectivity index (χ2n) is 5.06. The van der Waals surface area contributed by atoms with Crippen molar-refractivity contribution < 1.29 is 0 Å². The van der Waals surface area contributed by atoms with Crippen molar-refractivity contribution >= 4 is 43.8 Å². The normalized spacial score (nSPS) is 15.9. The van der Waals surface area contributed by atoms with Crippen molar-refractivity contribution in [2.75, 3.05) is 36.0 Å². The van der Waals surface area contributed by atoms with E-state index in [4.69, 9.17) is 0 Å². The highest BCUT2D eigenvalue weighted by atomic mass is 32.1. The molecule has 1 fully saturated rings. The Kier molecular flexibility index (Phi) is 3.23. The van der Waals surface area contributed by atoms with Crippen molar-refractivity contribution in [2.24, 2.45) is 0 Å². The van der Waals surface area contributed by atoms with E-state index >= 15 is 0 Å². The van der Waals surface area contributed by atoms with Crippen molar-refractivity contribution in [1.29, 1.82) is 0 Å². The fourth-order valence-electron chi connectivity index (χ4n) is 2.70. The van der Waals surface area contributed by atoms with E-state index in [1.54, 1.807) is 29.0 Å². The number of hydrogen-bond donors (Lipinski definition) is 0. The molecule has 0 spiro atoms. The van der Waals surface area contributed by atoms with Gasteiger partial charge in [0.15, 0.2) is 5.13 Å². The topological polar surface area (TPSA) is 45.2 Å². The summed E-state index contributed by atoms with van der Waals surface area (Å²) in [6, 6.07) is 2.20. The number of nitrogens with zero attached hydrogens (tertiary/aromatic N) is 5. The van der Waals surface area contributed by atoms with Gasteiger partial charge in [0.1, 0.15) is 17.0 Å². The number of fused-ring (bicyclic) bond motifs is 1. The number of hydrogen-bond acceptors (Lipinski definition) is 7. The molecule has 7 heteroatoms. The van der Waals surface area contributed by atoms with Gasteiger partial charge in [-0.3, -0.25) is 0 Å². The average Bonchev–Trinajstić information content (AvgIpc) is 3.15. The van der Waals surface area contributed by atoms with Crippen LogP contribution in [0.5, 0.6) is 0 Å². The van der Waals surface area contributed by atoms with E-state index < -0.39 is 0 Å². The number of aromatic nitrogens is 3. The summed E-state index contributed by atoms with van der Waals surface area (Å²) in [5, 5.41) is 4.33. The van der Waals surface area contributed by atoms with Crippen LogP contribution in [0.1, 0.15) is 4.88 Å². The molecule has 0 N–H and O–H groups in total. The minimum atomic E-state index is 0.973. The molecular weight excluding hydrogens is 302 g/mol. The zero-order valence-corrected chi connectivity index (χ0v) is 13.3. The molecule has 0 aliphatic carbocycles. The number of thiazole rings is 1. The monoisotopic (exact) mass is 317 g/mol. The van der Waals surface area contributed by atoms with E-state index in [0.29, 0.717) is 0 Å². The number of thiophene rings is 1. The maximum Gasteiger partial charge on any atom is 0.185 e. The molecule has 3 aromatic heterocycles. The Balaban J connectivity index is 1.57. The first kappa shape index (κ1) is 13.0. The van der Waals surface area contributed by atoms with Gasteiger partial charge < -0.3 is 9.80 Å². The van der Waals surface area contributed by atoms with Gasteiger partial charge in [0.2, 0.25) is 0 Å². The van der Waals surface area contributed by atoms with Crippen LogP contribution in [-0.4, -0.2) is 41.1 Å². The Morgan fingerprint density at radius 2 is 1.86 bits per heavy atom. The molecule has 108 valence electrons. The quantitative estimate of drug-likeness (QED) is 0.727. The van der Waals surface area contributed by atoms with Crippen LogP contribution in [0.2, 0.25) is 0 Å². The zero-order valence-electron chi connectivity index (χ0n) is 11.7. The molecule has 0 saturated carbocycles. The number of rotatable bonds is 2. The largest absolute Gasteiger partial charge is 0.352 e. The van der Waals surface area contributed by atoms with E-state index in [2.05, 4.69) is 37.7 Å². The van der Waals surface area contributed by atoms with Gasteiger partial charge in [0.05, 0.1) is 5.39 Å². The van der Waals surface area contributed by atoms with Crippen molar-refractivity contribution in [3.63, 3.8) is 0 Å². The lowest BCUT2D eigenvalue weighted by Gasteiger charge is -2.35. The van der Waals surface area contributed by atoms with E-state index in [-0.39, 0.29) is 0 Å². The van der Waals surface area contributed by atoms with E-state index in [1.165, 1.54) is 10.3 Å². The molecule has 0 aromatic carbocycles. The third kappa shape index (κ3) is 2.36. The highest BCUT2D eigenvalue weighted by Crippen LogP contribution is 2.30. The third-order valence-electron chi connectivity index (χ3n) is 3.70. The van der Waals surface area contributed by atoms with Crippen LogP contribution in [0.4, 0.5) is 10.9 Å². The van der Waals surface area contributed by atoms with Crippen LogP contribution in [-0.2, 0) is 0 Å². The fraction of sp³-hybridized carbons (Fsp3) is 0.357. The molecule has 0 amide bonds. The molecule has 0 bridgehead atoms. The Labute approximate surface area is 130 Å². The molecule has 1 aliphatic heterocycles. The van der Waals surface area contributed by atoms with Gasteiger partial charge in [-0.1, -0.05) is 0 Å². The van der Waals surface area contributed by atoms with Gasteiger partial charge in [-0.05, 0) is 13.0 Å². The van der Waals surface area contributed by atoms with Gasteiger partial charge in [-0.2, -0.15) is 0 Å². The molecule has 0 atom stereocenters. The Hall–Kier alpha value is -1.73. The molecule has 1 saturated heterocycles. The predicted octanol–water partition coefficient (Wildman–Crippen LogP) is 2.78. The maximum absolute atomic E-state index is 4.52. The Bertz CT molecular complexity index is 744. The van der Waals surface area contributed by atoms with Crippen molar-refractivity contribution in [3.05, 3.63) is 28.8 Å². The number of aryl methyl sites for hydroxylation is 1. The molecule has 0 radical (unpaired) electrons. The fourth-order valence-corrected chi connectivity index (χ4v) is 4.24. The van der Waals surface area contributed by atoms with Gasteiger partial charge >= 0.3 is 0 Å². The minimum absolute atomic E-state index is 0.973. The lowest BCUT2D eigenvalue weighted by molar-refractivity contribution is 0.647. The lowest BCUT2D eigenvalue weighted by atomic mass is 10.2. The minimum Gasteiger partial charge on any atom is -0.352 e. The van der Waals surface area contributed by atoms with Crippen molar-refractivity contribution in [3.8, 4) is 0 Å². The van der Waals surface area contributed by atoms with Crippen LogP contribution in [0.3, 0.4) is 0 Å². The van der Waals surface area contributed by atoms with Gasteiger partial charge in [-0.15, -0.1) is 22.7 Å². The van der Waals surface area contributed by atoms with Crippen LogP contribution < -0.4 is 9.80 Å². The SMILES string of the molecule is Cc1cc2c(N3CCN(c4nccs4)CC3)ncnc2s1. The molecule has 0 unspecified atom stereocenters. The van der Waals surface area contributed by atoms with E-state index in [1.807, 2.05) is 11.6 Å². The summed E-state index contributed by atoms with van der Waals surface area (Å²) in [7, 11) is 0. The van der Waals surface area contributed by atoms with E-state index in [9.17, 15) is 0 Å². The first-order chi connectivity index (χ1) is 10.3. The standard InChI is InChI=1S/C14H15N5S2/c1-10-8-11-12(16-9-17-13(11)21-10)18-3-5-19(6-4-18)14-15-2-7-20-14/h2,7-9H,3-6H2,1H3. The van der Waals surface area contributed by atoms with Gasteiger partial charge in [0.25, 0.3) is 0 Å². The molecule has 3 aromatic rings. The Morgan fingerprint density at radius 1 is 1.05 bits per heavy atom. The average molecular weight is 317 g/mol. The number of piperazine rings is 1. The lowest BCUT2D eigenvalue weighted by Crippen LogP contribution is -2.46. The first-order valence-electron chi connectivity index (χ1n) is 6.92. The van der Waals surface area contributed by atoms with E-state index in [0.717, 1.165) is 42.0 Å². The maximum atomic E-state index is 4.52. The molecule has 4 rings (SSSR count).